The summed E-state index contributed by atoms with van der Waals surface area (Å²) >= 11 is 0. The summed E-state index contributed by atoms with van der Waals surface area (Å²) in [6, 6.07) is 5.61. The largest absolute Gasteiger partial charge is 0.341 e. The quantitative estimate of drug-likeness (QED) is 0.850. The summed E-state index contributed by atoms with van der Waals surface area (Å²) < 4.78 is 12.2. The van der Waals surface area contributed by atoms with Crippen molar-refractivity contribution in [2.45, 2.75) is 31.6 Å². The van der Waals surface area contributed by atoms with Gasteiger partial charge in [0.2, 0.25) is 5.91 Å². The van der Waals surface area contributed by atoms with Crippen molar-refractivity contribution in [3.8, 4) is 0 Å². The number of piperidine rings is 1. The van der Waals surface area contributed by atoms with Crippen LogP contribution in [-0.2, 0) is 20.4 Å². The van der Waals surface area contributed by atoms with Crippen LogP contribution >= 0.6 is 0 Å². The van der Waals surface area contributed by atoms with Crippen molar-refractivity contribution >= 4 is 22.5 Å². The zero-order chi connectivity index (χ0) is 14.7. The van der Waals surface area contributed by atoms with E-state index in [4.69, 9.17) is 0 Å². The lowest BCUT2D eigenvalue weighted by molar-refractivity contribution is -0.132. The summed E-state index contributed by atoms with van der Waals surface area (Å²) in [5.74, 6) is 0.0647. The Bertz CT molecular complexity index is 558. The lowest BCUT2D eigenvalue weighted by Gasteiger charge is -2.25. The second-order valence-electron chi connectivity index (χ2n) is 5.16. The fourth-order valence-corrected chi connectivity index (χ4v) is 3.25. The minimum atomic E-state index is -1.32. The molecule has 1 heterocycles. The monoisotopic (exact) mass is 293 g/mol. The number of hydrogen-bond donors (Lipinski definition) is 0. The summed E-state index contributed by atoms with van der Waals surface area (Å²) in [5.41, 5.74) is 2.22. The molecule has 0 aliphatic carbocycles. The van der Waals surface area contributed by atoms with Crippen LogP contribution in [0.15, 0.2) is 23.1 Å². The molecular weight excluding hydrogens is 274 g/mol. The highest BCUT2D eigenvalue weighted by Crippen LogP contribution is 2.14. The van der Waals surface area contributed by atoms with Crippen LogP contribution in [-0.4, -0.2) is 39.6 Å². The van der Waals surface area contributed by atoms with Crippen LogP contribution in [0.5, 0.6) is 0 Å². The molecule has 0 N–H and O–H groups in total. The van der Waals surface area contributed by atoms with Crippen LogP contribution < -0.4 is 0 Å². The summed E-state index contributed by atoms with van der Waals surface area (Å²) in [5, 5.41) is 0. The van der Waals surface area contributed by atoms with Crippen molar-refractivity contribution in [3.63, 3.8) is 0 Å². The Balaban J connectivity index is 1.98. The number of carbonyl (C=O) groups excluding carboxylic acids is 2. The van der Waals surface area contributed by atoms with Gasteiger partial charge in [0.1, 0.15) is 11.5 Å². The van der Waals surface area contributed by atoms with Crippen LogP contribution in [0.25, 0.3) is 0 Å². The topological polar surface area (TPSA) is 54.5 Å². The number of rotatable bonds is 3. The molecule has 1 fully saturated rings. The maximum absolute atomic E-state index is 12.2. The fraction of sp³-hybridized carbons (Fsp3) is 0.467. The van der Waals surface area contributed by atoms with Gasteiger partial charge in [-0.3, -0.25) is 13.8 Å². The summed E-state index contributed by atoms with van der Waals surface area (Å²) in [4.78, 5) is 25.5. The van der Waals surface area contributed by atoms with Gasteiger partial charge < -0.3 is 4.90 Å². The Morgan fingerprint density at radius 1 is 1.20 bits per heavy atom. The standard InChI is InChI=1S/C15H19NO3S/c1-11-3-4-14(9-12(11)2)20(19)10-15(18)16-7-5-13(17)6-8-16/h3-4,9H,5-8,10H2,1-2H3. The molecule has 0 aromatic heterocycles. The molecule has 1 unspecified atom stereocenters. The molecular formula is C15H19NO3S. The zero-order valence-corrected chi connectivity index (χ0v) is 12.7. The average molecular weight is 293 g/mol. The van der Waals surface area contributed by atoms with E-state index in [1.807, 2.05) is 32.0 Å². The summed E-state index contributed by atoms with van der Waals surface area (Å²) in [6.45, 7) is 4.88. The van der Waals surface area contributed by atoms with Crippen molar-refractivity contribution in [2.75, 3.05) is 18.8 Å². The van der Waals surface area contributed by atoms with Gasteiger partial charge in [-0.25, -0.2) is 0 Å². The van der Waals surface area contributed by atoms with Gasteiger partial charge in [0.05, 0.1) is 10.8 Å². The van der Waals surface area contributed by atoms with E-state index in [1.54, 1.807) is 4.90 Å². The van der Waals surface area contributed by atoms with Gasteiger partial charge in [-0.1, -0.05) is 6.07 Å². The van der Waals surface area contributed by atoms with E-state index in [0.717, 1.165) is 11.1 Å². The van der Waals surface area contributed by atoms with E-state index < -0.39 is 10.8 Å². The molecule has 20 heavy (non-hydrogen) atoms. The van der Waals surface area contributed by atoms with Gasteiger partial charge in [-0.05, 0) is 37.1 Å². The predicted octanol–water partition coefficient (Wildman–Crippen LogP) is 1.60. The number of amides is 1. The van der Waals surface area contributed by atoms with Crippen molar-refractivity contribution in [3.05, 3.63) is 29.3 Å². The minimum absolute atomic E-state index is 0.00328. The molecule has 1 saturated heterocycles. The first-order valence-electron chi connectivity index (χ1n) is 6.72. The normalized spacial score (nSPS) is 17.1. The number of nitrogens with zero attached hydrogens (tertiary/aromatic N) is 1. The average Bonchev–Trinajstić information content (AvgIpc) is 2.42. The van der Waals surface area contributed by atoms with Crippen LogP contribution in [0, 0.1) is 13.8 Å². The van der Waals surface area contributed by atoms with Crippen LogP contribution in [0.4, 0.5) is 0 Å². The van der Waals surface area contributed by atoms with Gasteiger partial charge in [0, 0.05) is 30.8 Å². The second-order valence-corrected chi connectivity index (χ2v) is 6.61. The number of likely N-dealkylation sites (tertiary alicyclic amines) is 1. The first kappa shape index (κ1) is 14.9. The van der Waals surface area contributed by atoms with E-state index in [-0.39, 0.29) is 17.4 Å². The Hall–Kier alpha value is -1.49. The van der Waals surface area contributed by atoms with Crippen LogP contribution in [0.1, 0.15) is 24.0 Å². The molecule has 0 radical (unpaired) electrons. The van der Waals surface area contributed by atoms with Gasteiger partial charge in [0.25, 0.3) is 0 Å². The Morgan fingerprint density at radius 3 is 2.45 bits per heavy atom. The van der Waals surface area contributed by atoms with Crippen LogP contribution in [0.2, 0.25) is 0 Å². The molecule has 2 rings (SSSR count). The van der Waals surface area contributed by atoms with Gasteiger partial charge >= 0.3 is 0 Å². The molecule has 4 nitrogen and oxygen atoms in total. The number of benzene rings is 1. The number of carbonyl (C=O) groups is 2. The van der Waals surface area contributed by atoms with Gasteiger partial charge in [0.15, 0.2) is 0 Å². The summed E-state index contributed by atoms with van der Waals surface area (Å²) in [6.07, 6.45) is 0.837. The Labute approximate surface area is 121 Å². The van der Waals surface area contributed by atoms with E-state index in [0.29, 0.717) is 30.8 Å². The Morgan fingerprint density at radius 2 is 1.85 bits per heavy atom. The predicted molar refractivity (Wildman–Crippen MR) is 78.0 cm³/mol. The zero-order valence-electron chi connectivity index (χ0n) is 11.8. The third-order valence-electron chi connectivity index (χ3n) is 3.67. The lowest BCUT2D eigenvalue weighted by atomic mass is 10.1. The molecule has 5 heteroatoms. The lowest BCUT2D eigenvalue weighted by Crippen LogP contribution is -2.40. The molecule has 1 aliphatic heterocycles. The van der Waals surface area contributed by atoms with Crippen molar-refractivity contribution in [1.29, 1.82) is 0 Å². The first-order valence-corrected chi connectivity index (χ1v) is 8.04. The van der Waals surface area contributed by atoms with E-state index in [9.17, 15) is 13.8 Å². The SMILES string of the molecule is Cc1ccc(S(=O)CC(=O)N2CCC(=O)CC2)cc1C. The highest BCUT2D eigenvalue weighted by Gasteiger charge is 2.22. The molecule has 1 amide bonds. The number of aryl methyl sites for hydroxylation is 2. The first-order chi connectivity index (χ1) is 9.47. The van der Waals surface area contributed by atoms with E-state index >= 15 is 0 Å². The highest BCUT2D eigenvalue weighted by atomic mass is 32.2. The molecule has 108 valence electrons. The number of ketones is 1. The molecule has 1 aromatic carbocycles. The molecule has 0 spiro atoms. The molecule has 0 bridgehead atoms. The number of Topliss-reactive ketones (excluding diaryl/α,β-unsaturated/α-hetero) is 1. The van der Waals surface area contributed by atoms with Crippen molar-refractivity contribution in [2.24, 2.45) is 0 Å². The second kappa shape index (κ2) is 6.31. The third kappa shape index (κ3) is 3.54. The van der Waals surface area contributed by atoms with Gasteiger partial charge in [-0.15, -0.1) is 0 Å². The van der Waals surface area contributed by atoms with E-state index in [2.05, 4.69) is 0 Å². The smallest absolute Gasteiger partial charge is 0.235 e. The molecule has 0 saturated carbocycles. The maximum atomic E-state index is 12.2. The molecule has 1 atom stereocenters. The Kier molecular flexibility index (Phi) is 4.70. The minimum Gasteiger partial charge on any atom is -0.341 e. The van der Waals surface area contributed by atoms with Gasteiger partial charge in [-0.2, -0.15) is 0 Å². The van der Waals surface area contributed by atoms with Crippen molar-refractivity contribution < 1.29 is 13.8 Å². The maximum Gasteiger partial charge on any atom is 0.235 e. The highest BCUT2D eigenvalue weighted by molar-refractivity contribution is 7.85. The summed E-state index contributed by atoms with van der Waals surface area (Å²) in [7, 11) is -1.32. The van der Waals surface area contributed by atoms with E-state index in [1.165, 1.54) is 0 Å². The van der Waals surface area contributed by atoms with Crippen molar-refractivity contribution in [1.82, 2.24) is 4.90 Å². The number of hydrogen-bond acceptors (Lipinski definition) is 3. The molecule has 1 aliphatic rings. The van der Waals surface area contributed by atoms with Crippen LogP contribution in [0.3, 0.4) is 0 Å². The molecule has 1 aromatic rings. The third-order valence-corrected chi connectivity index (χ3v) is 4.96. The fourth-order valence-electron chi connectivity index (χ4n) is 2.15.